The van der Waals surface area contributed by atoms with E-state index in [1.54, 1.807) is 18.4 Å². The van der Waals surface area contributed by atoms with Gasteiger partial charge in [0.25, 0.3) is 5.91 Å². The molecule has 0 saturated carbocycles. The van der Waals surface area contributed by atoms with E-state index in [4.69, 9.17) is 9.72 Å². The summed E-state index contributed by atoms with van der Waals surface area (Å²) in [7, 11) is 1.64. The number of thiophene rings is 1. The summed E-state index contributed by atoms with van der Waals surface area (Å²) in [4.78, 5) is 33.3. The maximum absolute atomic E-state index is 13.5. The lowest BCUT2D eigenvalue weighted by Crippen LogP contribution is -2.36. The minimum Gasteiger partial charge on any atom is -0.459 e. The van der Waals surface area contributed by atoms with Crippen LogP contribution in [0.25, 0.3) is 22.6 Å². The van der Waals surface area contributed by atoms with Crippen LogP contribution in [-0.2, 0) is 16.0 Å². The molecule has 160 valence electrons. The Morgan fingerprint density at radius 1 is 1.16 bits per heavy atom. The van der Waals surface area contributed by atoms with Crippen LogP contribution in [0, 0.1) is 0 Å². The van der Waals surface area contributed by atoms with Gasteiger partial charge in [-0.1, -0.05) is 24.3 Å². The number of nitrogens with zero attached hydrogens (tertiary/aromatic N) is 2. The van der Waals surface area contributed by atoms with E-state index in [-0.39, 0.29) is 12.5 Å². The Bertz CT molecular complexity index is 1170. The normalized spacial score (nSPS) is 14.6. The molecule has 0 N–H and O–H groups in total. The molecule has 0 aliphatic heterocycles. The fourth-order valence-corrected chi connectivity index (χ4v) is 4.58. The molecule has 1 amide bonds. The number of likely N-dealkylation sites (N-methyl/N-ethyl adjacent to an activating group) is 1. The number of esters is 1. The maximum Gasteiger partial charge on any atom is 0.326 e. The predicted molar refractivity (Wildman–Crippen MR) is 125 cm³/mol. The van der Waals surface area contributed by atoms with Crippen LogP contribution in [0.3, 0.4) is 0 Å². The highest BCUT2D eigenvalue weighted by Gasteiger charge is 2.29. The molecule has 0 saturated heterocycles. The van der Waals surface area contributed by atoms with Gasteiger partial charge in [-0.15, -0.1) is 11.3 Å². The van der Waals surface area contributed by atoms with E-state index in [1.807, 2.05) is 51.1 Å². The lowest BCUT2D eigenvalue weighted by Gasteiger charge is -2.23. The molecule has 1 aliphatic carbocycles. The van der Waals surface area contributed by atoms with E-state index < -0.39 is 11.6 Å². The minimum atomic E-state index is -0.590. The monoisotopic (exact) mass is 434 g/mol. The molecule has 0 fully saturated rings. The third kappa shape index (κ3) is 4.54. The first-order valence-electron chi connectivity index (χ1n) is 10.4. The number of benzene rings is 1. The highest BCUT2D eigenvalue weighted by atomic mass is 32.1. The molecule has 6 heteroatoms. The van der Waals surface area contributed by atoms with Crippen LogP contribution in [-0.4, -0.2) is 41.0 Å². The van der Waals surface area contributed by atoms with Crippen molar-refractivity contribution in [3.8, 4) is 0 Å². The Hall–Kier alpha value is -2.99. The summed E-state index contributed by atoms with van der Waals surface area (Å²) >= 11 is 1.68. The van der Waals surface area contributed by atoms with Crippen molar-refractivity contribution in [2.45, 2.75) is 39.2 Å². The van der Waals surface area contributed by atoms with Gasteiger partial charge in [-0.05, 0) is 68.3 Å². The molecule has 4 rings (SSSR count). The second kappa shape index (κ2) is 8.27. The van der Waals surface area contributed by atoms with E-state index in [0.29, 0.717) is 5.56 Å². The van der Waals surface area contributed by atoms with Crippen molar-refractivity contribution in [3.63, 3.8) is 0 Å². The molecular formula is C25H26N2O3S. The molecular weight excluding hydrogens is 408 g/mol. The molecule has 0 spiro atoms. The largest absolute Gasteiger partial charge is 0.459 e. The number of amides is 1. The number of hydrogen-bond donors (Lipinski definition) is 0. The lowest BCUT2D eigenvalue weighted by molar-refractivity contribution is -0.155. The first-order valence-corrected chi connectivity index (χ1v) is 11.2. The van der Waals surface area contributed by atoms with Crippen LogP contribution < -0.4 is 0 Å². The van der Waals surface area contributed by atoms with Crippen LogP contribution in [0.15, 0.2) is 41.8 Å². The van der Waals surface area contributed by atoms with Crippen molar-refractivity contribution in [1.29, 1.82) is 0 Å². The van der Waals surface area contributed by atoms with Gasteiger partial charge in [-0.3, -0.25) is 9.59 Å². The number of carbonyl (C=O) groups is 2. The van der Waals surface area contributed by atoms with E-state index >= 15 is 0 Å². The van der Waals surface area contributed by atoms with Gasteiger partial charge in [0.2, 0.25) is 0 Å². The van der Waals surface area contributed by atoms with Crippen molar-refractivity contribution < 1.29 is 14.3 Å². The lowest BCUT2D eigenvalue weighted by atomic mass is 9.99. The molecule has 2 aromatic heterocycles. The first kappa shape index (κ1) is 21.2. The zero-order valence-corrected chi connectivity index (χ0v) is 19.1. The third-order valence-electron chi connectivity index (χ3n) is 5.15. The molecule has 2 heterocycles. The molecule has 0 unspecified atom stereocenters. The van der Waals surface area contributed by atoms with Crippen molar-refractivity contribution in [2.24, 2.45) is 0 Å². The summed E-state index contributed by atoms with van der Waals surface area (Å²) in [6, 6.07) is 11.8. The van der Waals surface area contributed by atoms with Gasteiger partial charge >= 0.3 is 5.97 Å². The maximum atomic E-state index is 13.5. The summed E-state index contributed by atoms with van der Waals surface area (Å²) in [5.41, 5.74) is 3.83. The number of carbonyl (C=O) groups excluding carboxylic acids is 2. The molecule has 0 radical (unpaired) electrons. The van der Waals surface area contributed by atoms with Crippen LogP contribution in [0.5, 0.6) is 0 Å². The van der Waals surface area contributed by atoms with E-state index in [2.05, 4.69) is 17.5 Å². The number of rotatable bonds is 4. The quantitative estimate of drug-likeness (QED) is 0.530. The summed E-state index contributed by atoms with van der Waals surface area (Å²) in [6.45, 7) is 5.35. The molecule has 31 heavy (non-hydrogen) atoms. The second-order valence-electron chi connectivity index (χ2n) is 8.76. The van der Waals surface area contributed by atoms with E-state index in [1.165, 1.54) is 9.78 Å². The topological polar surface area (TPSA) is 59.5 Å². The van der Waals surface area contributed by atoms with Crippen LogP contribution in [0.1, 0.15) is 53.7 Å². The molecule has 3 aromatic rings. The van der Waals surface area contributed by atoms with Crippen molar-refractivity contribution in [2.75, 3.05) is 13.6 Å². The van der Waals surface area contributed by atoms with Gasteiger partial charge in [0.1, 0.15) is 12.1 Å². The van der Waals surface area contributed by atoms with Gasteiger partial charge in [-0.2, -0.15) is 0 Å². The molecule has 5 nitrogen and oxygen atoms in total. The number of fused-ring (bicyclic) bond motifs is 2. The molecule has 0 bridgehead atoms. The standard InChI is InChI=1S/C25H26N2O3S/c1-25(2,3)30-21(28)15-27(4)24(29)22-18-9-5-6-10-20(18)26-23-16(11-12-19(22)23)14-17-8-7-13-31-17/h5-10,13-14H,11-12,15H2,1-4H3/b16-14-. The summed E-state index contributed by atoms with van der Waals surface area (Å²) < 4.78 is 5.40. The number of ether oxygens (including phenoxy) is 1. The van der Waals surface area contributed by atoms with Gasteiger partial charge in [0.15, 0.2) is 0 Å². The molecule has 1 aliphatic rings. The van der Waals surface area contributed by atoms with Gasteiger partial charge in [0, 0.05) is 17.3 Å². The zero-order chi connectivity index (χ0) is 22.2. The van der Waals surface area contributed by atoms with Crippen LogP contribution in [0.2, 0.25) is 0 Å². The van der Waals surface area contributed by atoms with Crippen LogP contribution >= 0.6 is 11.3 Å². The number of pyridine rings is 1. The molecule has 1 aromatic carbocycles. The highest BCUT2D eigenvalue weighted by Crippen LogP contribution is 2.38. The van der Waals surface area contributed by atoms with Crippen molar-refractivity contribution in [3.05, 3.63) is 63.5 Å². The molecule has 0 atom stereocenters. The number of allylic oxidation sites excluding steroid dienone is 1. The van der Waals surface area contributed by atoms with E-state index in [0.717, 1.165) is 40.6 Å². The average molecular weight is 435 g/mol. The van der Waals surface area contributed by atoms with Crippen molar-refractivity contribution in [1.82, 2.24) is 9.88 Å². The SMILES string of the molecule is CN(CC(=O)OC(C)(C)C)C(=O)c1c2c(nc3ccccc13)/C(=C\c1cccs1)CC2. The fraction of sp³-hybridized carbons (Fsp3) is 0.320. The van der Waals surface area contributed by atoms with Gasteiger partial charge in [-0.25, -0.2) is 4.98 Å². The zero-order valence-electron chi connectivity index (χ0n) is 18.3. The summed E-state index contributed by atoms with van der Waals surface area (Å²) in [5, 5.41) is 2.87. The highest BCUT2D eigenvalue weighted by molar-refractivity contribution is 7.10. The smallest absolute Gasteiger partial charge is 0.326 e. The minimum absolute atomic E-state index is 0.0978. The third-order valence-corrected chi connectivity index (χ3v) is 5.97. The van der Waals surface area contributed by atoms with Crippen molar-refractivity contribution >= 4 is 45.8 Å². The summed E-state index contributed by atoms with van der Waals surface area (Å²) in [6.07, 6.45) is 3.76. The van der Waals surface area contributed by atoms with E-state index in [9.17, 15) is 9.59 Å². The van der Waals surface area contributed by atoms with Crippen LogP contribution in [0.4, 0.5) is 0 Å². The Kier molecular flexibility index (Phi) is 5.67. The Morgan fingerprint density at radius 2 is 1.94 bits per heavy atom. The Labute approximate surface area is 186 Å². The first-order chi connectivity index (χ1) is 14.7. The van der Waals surface area contributed by atoms with Gasteiger partial charge in [0.05, 0.1) is 16.8 Å². The fourth-order valence-electron chi connectivity index (χ4n) is 3.90. The number of para-hydroxylation sites is 1. The number of aromatic nitrogens is 1. The van der Waals surface area contributed by atoms with Gasteiger partial charge < -0.3 is 9.64 Å². The number of hydrogen-bond acceptors (Lipinski definition) is 5. The Balaban J connectivity index is 1.74. The average Bonchev–Trinajstić information content (AvgIpc) is 3.34. The Morgan fingerprint density at radius 3 is 2.65 bits per heavy atom. The second-order valence-corrected chi connectivity index (χ2v) is 9.74. The predicted octanol–water partition coefficient (Wildman–Crippen LogP) is 5.20. The summed E-state index contributed by atoms with van der Waals surface area (Å²) in [5.74, 6) is -0.602.